The summed E-state index contributed by atoms with van der Waals surface area (Å²) in [4.78, 5) is 16.2. The normalized spacial score (nSPS) is 10.2. The molecule has 2 N–H and O–H groups in total. The number of nitrogens with one attached hydrogen (secondary N) is 1. The van der Waals surface area contributed by atoms with Crippen LogP contribution in [0.25, 0.3) is 0 Å². The second-order valence-corrected chi connectivity index (χ2v) is 4.24. The summed E-state index contributed by atoms with van der Waals surface area (Å²) in [7, 11) is 1.33. The van der Waals surface area contributed by atoms with Gasteiger partial charge in [-0.05, 0) is 18.2 Å². The third kappa shape index (κ3) is 2.56. The van der Waals surface area contributed by atoms with Crippen molar-refractivity contribution in [2.45, 2.75) is 0 Å². The minimum atomic E-state index is -0.741. The second-order valence-electron chi connectivity index (χ2n) is 3.81. The van der Waals surface area contributed by atoms with Gasteiger partial charge in [0.1, 0.15) is 22.8 Å². The van der Waals surface area contributed by atoms with Gasteiger partial charge in [-0.2, -0.15) is 0 Å². The van der Waals surface area contributed by atoms with Crippen LogP contribution in [0, 0.1) is 5.82 Å². The van der Waals surface area contributed by atoms with E-state index in [0.717, 1.165) is 6.07 Å². The van der Waals surface area contributed by atoms with Crippen LogP contribution < -0.4 is 10.2 Å². The number of benzene rings is 1. The predicted octanol–water partition coefficient (Wildman–Crippen LogP) is 2.91. The van der Waals surface area contributed by atoms with E-state index in [1.807, 2.05) is 5.48 Å². The number of pyridine rings is 1. The predicted molar refractivity (Wildman–Crippen MR) is 71.0 cm³/mol. The molecule has 2 rings (SSSR count). The number of rotatable bonds is 4. The standard InChI is InChI=1S/C13H10ClFN2O3/c1-20-10-4-2-3-8(15)11(10)13(18)12-9(17-19)5-7(14)6-16-12/h2-6,17,19H,1H3. The molecule has 0 aliphatic carbocycles. The maximum absolute atomic E-state index is 13.9. The average molecular weight is 297 g/mol. The van der Waals surface area contributed by atoms with E-state index in [9.17, 15) is 9.18 Å². The average Bonchev–Trinajstić information content (AvgIpc) is 2.46. The van der Waals surface area contributed by atoms with Crippen molar-refractivity contribution >= 4 is 23.1 Å². The molecule has 0 amide bonds. The zero-order valence-corrected chi connectivity index (χ0v) is 11.1. The molecule has 20 heavy (non-hydrogen) atoms. The molecule has 0 saturated heterocycles. The van der Waals surface area contributed by atoms with Crippen LogP contribution in [0.4, 0.5) is 10.1 Å². The van der Waals surface area contributed by atoms with E-state index in [1.54, 1.807) is 0 Å². The minimum absolute atomic E-state index is 0.0205. The van der Waals surface area contributed by atoms with Crippen molar-refractivity contribution in [3.8, 4) is 5.75 Å². The van der Waals surface area contributed by atoms with Crippen LogP contribution in [0.15, 0.2) is 30.5 Å². The number of carbonyl (C=O) groups is 1. The van der Waals surface area contributed by atoms with E-state index in [-0.39, 0.29) is 27.7 Å². The van der Waals surface area contributed by atoms with Crippen molar-refractivity contribution in [3.05, 3.63) is 52.6 Å². The lowest BCUT2D eigenvalue weighted by molar-refractivity contribution is 0.102. The Morgan fingerprint density at radius 2 is 2.25 bits per heavy atom. The van der Waals surface area contributed by atoms with Crippen molar-refractivity contribution in [3.63, 3.8) is 0 Å². The quantitative estimate of drug-likeness (QED) is 0.670. The number of methoxy groups -OCH3 is 1. The zero-order valence-electron chi connectivity index (χ0n) is 10.4. The first-order valence-electron chi connectivity index (χ1n) is 5.51. The molecule has 7 heteroatoms. The van der Waals surface area contributed by atoms with Crippen LogP contribution in [0.1, 0.15) is 16.1 Å². The molecule has 5 nitrogen and oxygen atoms in total. The van der Waals surface area contributed by atoms with Crippen LogP contribution >= 0.6 is 11.6 Å². The Morgan fingerprint density at radius 3 is 2.90 bits per heavy atom. The van der Waals surface area contributed by atoms with Gasteiger partial charge >= 0.3 is 0 Å². The minimum Gasteiger partial charge on any atom is -0.496 e. The van der Waals surface area contributed by atoms with E-state index in [0.29, 0.717) is 0 Å². The van der Waals surface area contributed by atoms with Gasteiger partial charge in [0, 0.05) is 6.20 Å². The van der Waals surface area contributed by atoms with Crippen LogP contribution in [0.3, 0.4) is 0 Å². The first-order chi connectivity index (χ1) is 9.58. The van der Waals surface area contributed by atoms with E-state index >= 15 is 0 Å². The van der Waals surface area contributed by atoms with Crippen LogP contribution in [0.5, 0.6) is 5.75 Å². The zero-order chi connectivity index (χ0) is 14.7. The van der Waals surface area contributed by atoms with E-state index < -0.39 is 11.6 Å². The van der Waals surface area contributed by atoms with Crippen molar-refractivity contribution < 1.29 is 19.1 Å². The number of ketones is 1. The highest BCUT2D eigenvalue weighted by Crippen LogP contribution is 2.27. The largest absolute Gasteiger partial charge is 0.496 e. The first-order valence-corrected chi connectivity index (χ1v) is 5.89. The number of aromatic nitrogens is 1. The van der Waals surface area contributed by atoms with E-state index in [4.69, 9.17) is 21.5 Å². The Morgan fingerprint density at radius 1 is 1.50 bits per heavy atom. The van der Waals surface area contributed by atoms with Crippen molar-refractivity contribution in [2.75, 3.05) is 12.6 Å². The number of anilines is 1. The second kappa shape index (κ2) is 5.85. The van der Waals surface area contributed by atoms with Gasteiger partial charge in [-0.25, -0.2) is 9.37 Å². The summed E-state index contributed by atoms with van der Waals surface area (Å²) in [5, 5.41) is 9.23. The summed E-state index contributed by atoms with van der Waals surface area (Å²) in [6, 6.07) is 5.32. The molecule has 0 unspecified atom stereocenters. The van der Waals surface area contributed by atoms with Gasteiger partial charge in [0.25, 0.3) is 0 Å². The van der Waals surface area contributed by atoms with Gasteiger partial charge in [-0.3, -0.25) is 15.5 Å². The Kier molecular flexibility index (Phi) is 4.16. The van der Waals surface area contributed by atoms with E-state index in [1.165, 1.54) is 31.5 Å². The fraction of sp³-hybridized carbons (Fsp3) is 0.0769. The third-order valence-electron chi connectivity index (χ3n) is 2.61. The lowest BCUT2D eigenvalue weighted by atomic mass is 10.0. The molecular weight excluding hydrogens is 287 g/mol. The fourth-order valence-corrected chi connectivity index (χ4v) is 1.88. The molecule has 1 aromatic carbocycles. The summed E-state index contributed by atoms with van der Waals surface area (Å²) >= 11 is 5.71. The monoisotopic (exact) mass is 296 g/mol. The highest BCUT2D eigenvalue weighted by atomic mass is 35.5. The van der Waals surface area contributed by atoms with E-state index in [2.05, 4.69) is 4.98 Å². The molecule has 0 fully saturated rings. The molecule has 0 spiro atoms. The molecule has 1 heterocycles. The van der Waals surface area contributed by atoms with Gasteiger partial charge in [-0.1, -0.05) is 17.7 Å². The van der Waals surface area contributed by atoms with Crippen molar-refractivity contribution in [1.29, 1.82) is 0 Å². The fourth-order valence-electron chi connectivity index (χ4n) is 1.72. The lowest BCUT2D eigenvalue weighted by Gasteiger charge is -2.10. The molecule has 104 valence electrons. The summed E-state index contributed by atoms with van der Waals surface area (Å²) in [6.07, 6.45) is 1.23. The Labute approximate surface area is 118 Å². The Hall–Kier alpha value is -2.18. The summed E-state index contributed by atoms with van der Waals surface area (Å²) in [5.41, 5.74) is 1.36. The maximum atomic E-state index is 13.9. The topological polar surface area (TPSA) is 71.5 Å². The highest BCUT2D eigenvalue weighted by molar-refractivity contribution is 6.31. The van der Waals surface area contributed by atoms with Crippen LogP contribution in [-0.2, 0) is 0 Å². The summed E-state index contributed by atoms with van der Waals surface area (Å²) in [6.45, 7) is 0. The number of halogens is 2. The molecular formula is C13H10ClFN2O3. The molecule has 0 atom stereocenters. The Balaban J connectivity index is 2.57. The number of carbonyl (C=O) groups excluding carboxylic acids is 1. The lowest BCUT2D eigenvalue weighted by Crippen LogP contribution is -2.11. The number of ether oxygens (including phenoxy) is 1. The summed E-state index contributed by atoms with van der Waals surface area (Å²) in [5.74, 6) is -1.39. The van der Waals surface area contributed by atoms with Gasteiger partial charge in [0.2, 0.25) is 5.78 Å². The molecule has 0 bridgehead atoms. The Bertz CT molecular complexity index is 664. The summed E-state index contributed by atoms with van der Waals surface area (Å²) < 4.78 is 18.8. The molecule has 0 radical (unpaired) electrons. The smallest absolute Gasteiger partial charge is 0.220 e. The molecule has 0 aliphatic heterocycles. The number of hydrogen-bond acceptors (Lipinski definition) is 5. The highest BCUT2D eigenvalue weighted by Gasteiger charge is 2.23. The van der Waals surface area contributed by atoms with Crippen LogP contribution in [-0.4, -0.2) is 23.1 Å². The number of nitrogens with zero attached hydrogens (tertiary/aromatic N) is 1. The van der Waals surface area contributed by atoms with Gasteiger partial charge in [-0.15, -0.1) is 0 Å². The molecule has 0 aliphatic rings. The van der Waals surface area contributed by atoms with Crippen molar-refractivity contribution in [2.24, 2.45) is 0 Å². The maximum Gasteiger partial charge on any atom is 0.220 e. The SMILES string of the molecule is COc1cccc(F)c1C(=O)c1ncc(Cl)cc1NO. The third-order valence-corrected chi connectivity index (χ3v) is 2.82. The van der Waals surface area contributed by atoms with Crippen molar-refractivity contribution in [1.82, 2.24) is 4.98 Å². The van der Waals surface area contributed by atoms with Gasteiger partial charge < -0.3 is 4.74 Å². The first kappa shape index (κ1) is 14.2. The molecule has 0 saturated carbocycles. The number of hydrogen-bond donors (Lipinski definition) is 2. The molecule has 2 aromatic rings. The molecule has 1 aromatic heterocycles. The van der Waals surface area contributed by atoms with Gasteiger partial charge in [0.05, 0.1) is 17.8 Å². The van der Waals surface area contributed by atoms with Gasteiger partial charge in [0.15, 0.2) is 0 Å². The van der Waals surface area contributed by atoms with Crippen LogP contribution in [0.2, 0.25) is 5.02 Å².